The number of carbonyl (C=O) groups is 1. The number of nitrogens with one attached hydrogen (secondary N) is 2. The standard InChI is InChI=1S/C19H16N4O2/c1-11(12-4-6-14(24)7-5-12)17-16(19(25)23-22-17)9-13-10-21-18-15(13)3-2-8-20-18/h2-11,24H,1H3,(H,20,21)(H,23,25)/b16-9-. The van der Waals surface area contributed by atoms with Gasteiger partial charge in [0.1, 0.15) is 11.4 Å². The largest absolute Gasteiger partial charge is 0.508 e. The summed E-state index contributed by atoms with van der Waals surface area (Å²) in [6.45, 7) is 1.98. The topological polar surface area (TPSA) is 90.4 Å². The molecule has 3 heterocycles. The molecule has 1 aliphatic heterocycles. The van der Waals surface area contributed by atoms with Crippen LogP contribution >= 0.6 is 0 Å². The number of benzene rings is 1. The first-order chi connectivity index (χ1) is 12.1. The molecule has 1 unspecified atom stereocenters. The van der Waals surface area contributed by atoms with E-state index < -0.39 is 0 Å². The van der Waals surface area contributed by atoms with Crippen molar-refractivity contribution in [2.24, 2.45) is 5.10 Å². The van der Waals surface area contributed by atoms with Gasteiger partial charge in [-0.15, -0.1) is 0 Å². The Kier molecular flexibility index (Phi) is 3.57. The van der Waals surface area contributed by atoms with Crippen LogP contribution in [-0.4, -0.2) is 26.7 Å². The van der Waals surface area contributed by atoms with Gasteiger partial charge in [-0.05, 0) is 35.9 Å². The van der Waals surface area contributed by atoms with E-state index in [0.29, 0.717) is 11.3 Å². The molecule has 3 N–H and O–H groups in total. The number of nitrogens with zero attached hydrogens (tertiary/aromatic N) is 2. The van der Waals surface area contributed by atoms with Gasteiger partial charge in [0.15, 0.2) is 0 Å². The van der Waals surface area contributed by atoms with Gasteiger partial charge >= 0.3 is 0 Å². The highest BCUT2D eigenvalue weighted by Gasteiger charge is 2.28. The summed E-state index contributed by atoms with van der Waals surface area (Å²) in [7, 11) is 0. The van der Waals surface area contributed by atoms with E-state index in [1.54, 1.807) is 18.3 Å². The first-order valence-corrected chi connectivity index (χ1v) is 7.94. The highest BCUT2D eigenvalue weighted by molar-refractivity contribution is 6.29. The molecule has 124 valence electrons. The van der Waals surface area contributed by atoms with Gasteiger partial charge in [-0.2, -0.15) is 5.10 Å². The van der Waals surface area contributed by atoms with Crippen LogP contribution in [0, 0.1) is 0 Å². The van der Waals surface area contributed by atoms with Gasteiger partial charge < -0.3 is 10.1 Å². The zero-order valence-corrected chi connectivity index (χ0v) is 13.5. The Morgan fingerprint density at radius 1 is 1.20 bits per heavy atom. The summed E-state index contributed by atoms with van der Waals surface area (Å²) in [6.07, 6.45) is 5.38. The second kappa shape index (κ2) is 5.90. The van der Waals surface area contributed by atoms with Crippen LogP contribution in [0.1, 0.15) is 24.0 Å². The average molecular weight is 332 g/mol. The lowest BCUT2D eigenvalue weighted by molar-refractivity contribution is -0.116. The molecule has 4 rings (SSSR count). The Bertz CT molecular complexity index is 1020. The van der Waals surface area contributed by atoms with Crippen molar-refractivity contribution in [3.8, 4) is 5.75 Å². The fraction of sp³-hybridized carbons (Fsp3) is 0.105. The maximum atomic E-state index is 12.3. The highest BCUT2D eigenvalue weighted by atomic mass is 16.3. The zero-order chi connectivity index (χ0) is 17.4. The molecule has 0 aliphatic carbocycles. The van der Waals surface area contributed by atoms with Crippen LogP contribution in [0.5, 0.6) is 5.75 Å². The minimum Gasteiger partial charge on any atom is -0.508 e. The van der Waals surface area contributed by atoms with Crippen molar-refractivity contribution in [1.82, 2.24) is 15.4 Å². The summed E-state index contributed by atoms with van der Waals surface area (Å²) in [5.74, 6) is -0.103. The molecule has 0 spiro atoms. The van der Waals surface area contributed by atoms with Crippen molar-refractivity contribution < 1.29 is 9.90 Å². The summed E-state index contributed by atoms with van der Waals surface area (Å²) in [5.41, 5.74) is 6.39. The maximum absolute atomic E-state index is 12.3. The van der Waals surface area contributed by atoms with E-state index in [-0.39, 0.29) is 17.6 Å². The summed E-state index contributed by atoms with van der Waals surface area (Å²) in [6, 6.07) is 10.7. The number of hydrogen-bond acceptors (Lipinski definition) is 4. The van der Waals surface area contributed by atoms with E-state index in [9.17, 15) is 9.90 Å². The molecule has 0 bridgehead atoms. The lowest BCUT2D eigenvalue weighted by Gasteiger charge is -2.12. The van der Waals surface area contributed by atoms with Crippen LogP contribution in [0.4, 0.5) is 0 Å². The molecular formula is C19H16N4O2. The Balaban J connectivity index is 1.73. The molecule has 1 atom stereocenters. The van der Waals surface area contributed by atoms with Crippen molar-refractivity contribution in [3.05, 3.63) is 65.5 Å². The molecule has 25 heavy (non-hydrogen) atoms. The zero-order valence-electron chi connectivity index (χ0n) is 13.5. The number of phenols is 1. The fourth-order valence-electron chi connectivity index (χ4n) is 2.99. The molecule has 1 aromatic carbocycles. The second-order valence-electron chi connectivity index (χ2n) is 5.95. The maximum Gasteiger partial charge on any atom is 0.273 e. The monoisotopic (exact) mass is 332 g/mol. The van der Waals surface area contributed by atoms with Gasteiger partial charge in [0.05, 0.1) is 11.3 Å². The first-order valence-electron chi connectivity index (χ1n) is 7.94. The molecule has 0 fully saturated rings. The van der Waals surface area contributed by atoms with Gasteiger partial charge in [-0.1, -0.05) is 19.1 Å². The van der Waals surface area contributed by atoms with Gasteiger partial charge in [-0.25, -0.2) is 10.4 Å². The van der Waals surface area contributed by atoms with Crippen molar-refractivity contribution in [3.63, 3.8) is 0 Å². The van der Waals surface area contributed by atoms with Gasteiger partial charge in [0.2, 0.25) is 0 Å². The molecule has 6 nitrogen and oxygen atoms in total. The number of aromatic amines is 1. The number of fused-ring (bicyclic) bond motifs is 1. The Morgan fingerprint density at radius 2 is 2.00 bits per heavy atom. The van der Waals surface area contributed by atoms with E-state index in [2.05, 4.69) is 20.5 Å². The smallest absolute Gasteiger partial charge is 0.273 e. The minimum absolute atomic E-state index is 0.0888. The molecule has 1 aliphatic rings. The average Bonchev–Trinajstić information content (AvgIpc) is 3.20. The van der Waals surface area contributed by atoms with Crippen LogP contribution in [0.2, 0.25) is 0 Å². The number of aromatic hydroxyl groups is 1. The number of pyridine rings is 1. The first kappa shape index (κ1) is 15.1. The Hall–Kier alpha value is -3.41. The fourth-order valence-corrected chi connectivity index (χ4v) is 2.99. The van der Waals surface area contributed by atoms with Crippen molar-refractivity contribution in [1.29, 1.82) is 0 Å². The van der Waals surface area contributed by atoms with Crippen LogP contribution in [0.3, 0.4) is 0 Å². The number of hydrazone groups is 1. The van der Waals surface area contributed by atoms with Gasteiger partial charge in [0, 0.05) is 29.3 Å². The predicted molar refractivity (Wildman–Crippen MR) is 96.2 cm³/mol. The molecule has 0 saturated heterocycles. The van der Waals surface area contributed by atoms with Crippen LogP contribution in [0.15, 0.2) is 59.5 Å². The Morgan fingerprint density at radius 3 is 2.80 bits per heavy atom. The SMILES string of the molecule is CC(C1=NNC(=O)/C1=C\c1c[nH]c2ncccc12)c1ccc(O)cc1. The number of amides is 1. The van der Waals surface area contributed by atoms with Crippen molar-refractivity contribution in [2.45, 2.75) is 12.8 Å². The molecule has 3 aromatic rings. The lowest BCUT2D eigenvalue weighted by atomic mass is 9.90. The molecule has 2 aromatic heterocycles. The Labute approximate surface area is 143 Å². The number of hydrogen-bond donors (Lipinski definition) is 3. The third kappa shape index (κ3) is 2.67. The molecular weight excluding hydrogens is 316 g/mol. The van der Waals surface area contributed by atoms with E-state index in [4.69, 9.17) is 0 Å². The molecule has 0 saturated carbocycles. The summed E-state index contributed by atoms with van der Waals surface area (Å²) >= 11 is 0. The predicted octanol–water partition coefficient (Wildman–Crippen LogP) is 2.94. The lowest BCUT2D eigenvalue weighted by Crippen LogP contribution is -2.15. The van der Waals surface area contributed by atoms with E-state index in [0.717, 1.165) is 22.2 Å². The van der Waals surface area contributed by atoms with Gasteiger partial charge in [-0.3, -0.25) is 4.79 Å². The highest BCUT2D eigenvalue weighted by Crippen LogP contribution is 2.27. The van der Waals surface area contributed by atoms with Crippen molar-refractivity contribution in [2.75, 3.05) is 0 Å². The normalized spacial score (nSPS) is 16.9. The summed E-state index contributed by atoms with van der Waals surface area (Å²) < 4.78 is 0. The van der Waals surface area contributed by atoms with E-state index in [1.807, 2.05) is 43.5 Å². The third-order valence-electron chi connectivity index (χ3n) is 4.38. The number of phenolic OH excluding ortho intramolecular Hbond substituents is 1. The molecule has 1 amide bonds. The number of H-pyrrole nitrogens is 1. The van der Waals surface area contributed by atoms with E-state index >= 15 is 0 Å². The second-order valence-corrected chi connectivity index (χ2v) is 5.95. The van der Waals surface area contributed by atoms with E-state index in [1.165, 1.54) is 0 Å². The van der Waals surface area contributed by atoms with Crippen molar-refractivity contribution >= 4 is 28.7 Å². The number of rotatable bonds is 3. The van der Waals surface area contributed by atoms with Crippen LogP contribution < -0.4 is 5.43 Å². The minimum atomic E-state index is -0.223. The summed E-state index contributed by atoms with van der Waals surface area (Å²) in [5, 5.41) is 14.6. The summed E-state index contributed by atoms with van der Waals surface area (Å²) in [4.78, 5) is 19.6. The molecule has 0 radical (unpaired) electrons. The number of aromatic nitrogens is 2. The quantitative estimate of drug-likeness (QED) is 0.644. The van der Waals surface area contributed by atoms with Crippen LogP contribution in [-0.2, 0) is 4.79 Å². The van der Waals surface area contributed by atoms with Crippen LogP contribution in [0.25, 0.3) is 17.1 Å². The van der Waals surface area contributed by atoms with Gasteiger partial charge in [0.25, 0.3) is 5.91 Å². The number of carbonyl (C=O) groups excluding carboxylic acids is 1. The molecule has 6 heteroatoms. The third-order valence-corrected chi connectivity index (χ3v) is 4.38.